The van der Waals surface area contributed by atoms with Crippen LogP contribution in [0.15, 0.2) is 66.7 Å². The Labute approximate surface area is 159 Å². The van der Waals surface area contributed by atoms with Gasteiger partial charge in [0.2, 0.25) is 0 Å². The lowest BCUT2D eigenvalue weighted by molar-refractivity contribution is -0.388. The van der Waals surface area contributed by atoms with Gasteiger partial charge in [-0.05, 0) is 17.7 Å². The summed E-state index contributed by atoms with van der Waals surface area (Å²) in [6.45, 7) is 0. The number of alkyl halides is 9. The van der Waals surface area contributed by atoms with Gasteiger partial charge in [-0.25, -0.2) is 0 Å². The zero-order valence-electron chi connectivity index (χ0n) is 14.3. The summed E-state index contributed by atoms with van der Waals surface area (Å²) in [6.07, 6.45) is -7.55. The van der Waals surface area contributed by atoms with Crippen molar-refractivity contribution in [3.8, 4) is 11.8 Å². The maximum Gasteiger partial charge on any atom is 0.460 e. The molecule has 0 nitrogen and oxygen atoms in total. The van der Waals surface area contributed by atoms with Gasteiger partial charge >= 0.3 is 23.9 Å². The number of hydrogen-bond donors (Lipinski definition) is 0. The number of allylic oxidation sites excluding steroid dienone is 2. The van der Waals surface area contributed by atoms with Crippen LogP contribution in [0, 0.1) is 11.8 Å². The quantitative estimate of drug-likeness (QED) is 0.385. The molecule has 2 rings (SSSR count). The van der Waals surface area contributed by atoms with Crippen molar-refractivity contribution in [1.82, 2.24) is 0 Å². The molecule has 0 aliphatic rings. The SMILES string of the molecule is FC(F)(F)C(F)(F)C(F)(F)C(F)(F)/C=C(/C#Cc1ccccc1)c1ccccc1. The van der Waals surface area contributed by atoms with Gasteiger partial charge in [0.25, 0.3) is 0 Å². The van der Waals surface area contributed by atoms with Gasteiger partial charge in [-0.3, -0.25) is 0 Å². The van der Waals surface area contributed by atoms with Gasteiger partial charge in [-0.2, -0.15) is 39.5 Å². The monoisotopic (exact) mass is 422 g/mol. The predicted octanol–water partition coefficient (Wildman–Crippen LogP) is 6.59. The lowest BCUT2D eigenvalue weighted by atomic mass is 9.98. The molecule has 0 saturated carbocycles. The smallest absolute Gasteiger partial charge is 0.195 e. The van der Waals surface area contributed by atoms with Crippen molar-refractivity contribution in [2.24, 2.45) is 0 Å². The molecule has 0 aliphatic heterocycles. The molecule has 0 bridgehead atoms. The molecule has 0 heterocycles. The Balaban J connectivity index is 2.59. The van der Waals surface area contributed by atoms with E-state index in [1.807, 2.05) is 0 Å². The van der Waals surface area contributed by atoms with Crippen molar-refractivity contribution in [1.29, 1.82) is 0 Å². The molecule has 0 aromatic heterocycles. The molecule has 0 atom stereocenters. The predicted molar refractivity (Wildman–Crippen MR) is 88.6 cm³/mol. The second-order valence-corrected chi connectivity index (χ2v) is 5.81. The Bertz CT molecular complexity index is 915. The highest BCUT2D eigenvalue weighted by molar-refractivity contribution is 5.80. The highest BCUT2D eigenvalue weighted by Gasteiger charge is 2.81. The van der Waals surface area contributed by atoms with E-state index in [4.69, 9.17) is 0 Å². The first-order valence-corrected chi connectivity index (χ1v) is 7.85. The lowest BCUT2D eigenvalue weighted by Gasteiger charge is -2.32. The molecule has 0 aliphatic carbocycles. The van der Waals surface area contributed by atoms with E-state index in [1.54, 1.807) is 18.2 Å². The summed E-state index contributed by atoms with van der Waals surface area (Å²) in [5.41, 5.74) is -0.719. The summed E-state index contributed by atoms with van der Waals surface area (Å²) in [4.78, 5) is 0. The summed E-state index contributed by atoms with van der Waals surface area (Å²) in [7, 11) is 0. The fourth-order valence-corrected chi connectivity index (χ4v) is 2.13. The first-order chi connectivity index (χ1) is 13.3. The van der Waals surface area contributed by atoms with Crippen molar-refractivity contribution in [2.45, 2.75) is 23.9 Å². The average Bonchev–Trinajstić information content (AvgIpc) is 2.65. The molecule has 0 spiro atoms. The van der Waals surface area contributed by atoms with Gasteiger partial charge in [0, 0.05) is 17.2 Å². The minimum Gasteiger partial charge on any atom is -0.195 e. The van der Waals surface area contributed by atoms with Gasteiger partial charge < -0.3 is 0 Å². The van der Waals surface area contributed by atoms with Crippen molar-refractivity contribution in [2.75, 3.05) is 0 Å². The second kappa shape index (κ2) is 7.85. The van der Waals surface area contributed by atoms with Crippen molar-refractivity contribution >= 4 is 5.57 Å². The fraction of sp³-hybridized carbons (Fsp3) is 0.200. The third kappa shape index (κ3) is 4.58. The van der Waals surface area contributed by atoms with Gasteiger partial charge in [-0.15, -0.1) is 0 Å². The van der Waals surface area contributed by atoms with E-state index in [2.05, 4.69) is 11.8 Å². The van der Waals surface area contributed by atoms with Crippen molar-refractivity contribution in [3.63, 3.8) is 0 Å². The first-order valence-electron chi connectivity index (χ1n) is 7.85. The van der Waals surface area contributed by atoms with Crippen molar-refractivity contribution < 1.29 is 39.5 Å². The van der Waals surface area contributed by atoms with Crippen LogP contribution in [0.3, 0.4) is 0 Å². The third-order valence-corrected chi connectivity index (χ3v) is 3.69. The molecule has 0 radical (unpaired) electrons. The van der Waals surface area contributed by atoms with Crippen LogP contribution in [0.2, 0.25) is 0 Å². The third-order valence-electron chi connectivity index (χ3n) is 3.69. The van der Waals surface area contributed by atoms with E-state index in [1.165, 1.54) is 42.5 Å². The number of rotatable bonds is 4. The maximum absolute atomic E-state index is 14.0. The summed E-state index contributed by atoms with van der Waals surface area (Å²) < 4.78 is 118. The van der Waals surface area contributed by atoms with Crippen LogP contribution < -0.4 is 0 Å². The van der Waals surface area contributed by atoms with Crippen LogP contribution >= 0.6 is 0 Å². The van der Waals surface area contributed by atoms with E-state index < -0.39 is 35.6 Å². The van der Waals surface area contributed by atoms with Crippen LogP contribution in [-0.4, -0.2) is 23.9 Å². The van der Waals surface area contributed by atoms with Crippen molar-refractivity contribution in [3.05, 3.63) is 77.9 Å². The Hall–Kier alpha value is -2.89. The summed E-state index contributed by atoms with van der Waals surface area (Å²) in [6, 6.07) is 14.1. The zero-order chi connectivity index (χ0) is 21.9. The standard InChI is InChI=1S/C20H11F9/c21-17(22,18(23,24)19(25,26)20(27,28)29)13-16(15-9-5-2-6-10-15)12-11-14-7-3-1-4-8-14/h1-10,13H/b16-13-. The number of benzene rings is 2. The highest BCUT2D eigenvalue weighted by Crippen LogP contribution is 2.53. The number of hydrogen-bond acceptors (Lipinski definition) is 0. The average molecular weight is 422 g/mol. The molecule has 0 N–H and O–H groups in total. The second-order valence-electron chi connectivity index (χ2n) is 5.81. The zero-order valence-corrected chi connectivity index (χ0v) is 14.3. The van der Waals surface area contributed by atoms with E-state index in [-0.39, 0.29) is 11.1 Å². The Morgan fingerprint density at radius 2 is 1.14 bits per heavy atom. The highest BCUT2D eigenvalue weighted by atomic mass is 19.4. The minimum atomic E-state index is -6.96. The summed E-state index contributed by atoms with van der Waals surface area (Å²) in [5.74, 6) is -15.0. The normalized spacial score (nSPS) is 13.6. The maximum atomic E-state index is 14.0. The van der Waals surface area contributed by atoms with Gasteiger partial charge in [0.05, 0.1) is 0 Å². The van der Waals surface area contributed by atoms with E-state index in [0.717, 1.165) is 0 Å². The van der Waals surface area contributed by atoms with Crippen LogP contribution in [0.25, 0.3) is 5.57 Å². The molecule has 0 amide bonds. The molecular weight excluding hydrogens is 411 g/mol. The first kappa shape index (κ1) is 22.4. The summed E-state index contributed by atoms with van der Waals surface area (Å²) in [5, 5.41) is 0. The largest absolute Gasteiger partial charge is 0.460 e. The lowest BCUT2D eigenvalue weighted by Crippen LogP contribution is -2.60. The molecule has 0 saturated heterocycles. The summed E-state index contributed by atoms with van der Waals surface area (Å²) >= 11 is 0. The molecule has 0 fully saturated rings. The molecule has 154 valence electrons. The van der Waals surface area contributed by atoms with Gasteiger partial charge in [-0.1, -0.05) is 60.4 Å². The van der Waals surface area contributed by atoms with Gasteiger partial charge in [0.15, 0.2) is 0 Å². The van der Waals surface area contributed by atoms with E-state index in [0.29, 0.717) is 0 Å². The molecule has 2 aromatic carbocycles. The fourth-order valence-electron chi connectivity index (χ4n) is 2.13. The Morgan fingerprint density at radius 1 is 0.655 bits per heavy atom. The Kier molecular flexibility index (Phi) is 6.07. The minimum absolute atomic E-state index is 0.165. The Morgan fingerprint density at radius 3 is 1.62 bits per heavy atom. The van der Waals surface area contributed by atoms with E-state index in [9.17, 15) is 39.5 Å². The number of halogens is 9. The van der Waals surface area contributed by atoms with Crippen LogP contribution in [0.4, 0.5) is 39.5 Å². The van der Waals surface area contributed by atoms with Crippen LogP contribution in [0.1, 0.15) is 11.1 Å². The van der Waals surface area contributed by atoms with Gasteiger partial charge in [0.1, 0.15) is 0 Å². The van der Waals surface area contributed by atoms with E-state index >= 15 is 0 Å². The molecule has 2 aromatic rings. The topological polar surface area (TPSA) is 0 Å². The van der Waals surface area contributed by atoms with Crippen LogP contribution in [-0.2, 0) is 0 Å². The molecule has 0 unspecified atom stereocenters. The molecule has 29 heavy (non-hydrogen) atoms. The molecule has 9 heteroatoms. The molecular formula is C20H11F9. The van der Waals surface area contributed by atoms with Crippen LogP contribution in [0.5, 0.6) is 0 Å².